The van der Waals surface area contributed by atoms with Crippen LogP contribution in [0.4, 0.5) is 0 Å². The molecule has 2 heteroatoms. The number of aliphatic hydroxyl groups is 2. The molecule has 0 aromatic rings. The first-order chi connectivity index (χ1) is 10.4. The van der Waals surface area contributed by atoms with Crippen molar-refractivity contribution >= 4 is 0 Å². The summed E-state index contributed by atoms with van der Waals surface area (Å²) in [4.78, 5) is 0. The van der Waals surface area contributed by atoms with Gasteiger partial charge in [-0.2, -0.15) is 0 Å². The van der Waals surface area contributed by atoms with Crippen LogP contribution >= 0.6 is 0 Å². The first-order valence-electron chi connectivity index (χ1n) is 9.72. The Balaban J connectivity index is 1.63. The Morgan fingerprint density at radius 3 is 2.32 bits per heavy atom. The second kappa shape index (κ2) is 4.96. The summed E-state index contributed by atoms with van der Waals surface area (Å²) in [6.07, 6.45) is 9.57. The number of rotatable bonds is 0. The molecule has 9 atom stereocenters. The lowest BCUT2D eigenvalue weighted by atomic mass is 9.45. The molecule has 0 amide bonds. The normalized spacial score (nSPS) is 61.2. The predicted molar refractivity (Wildman–Crippen MR) is 88.3 cm³/mol. The Hall–Kier alpha value is -0.0800. The van der Waals surface area contributed by atoms with Crippen molar-refractivity contribution < 1.29 is 10.2 Å². The van der Waals surface area contributed by atoms with Crippen molar-refractivity contribution in [2.45, 2.75) is 84.3 Å². The fourth-order valence-electron chi connectivity index (χ4n) is 7.57. The van der Waals surface area contributed by atoms with E-state index in [-0.39, 0.29) is 17.6 Å². The third-order valence-electron chi connectivity index (χ3n) is 8.92. The number of hydrogen-bond donors (Lipinski definition) is 2. The van der Waals surface area contributed by atoms with Crippen LogP contribution in [-0.2, 0) is 0 Å². The quantitative estimate of drug-likeness (QED) is 0.710. The molecule has 22 heavy (non-hydrogen) atoms. The Kier molecular flexibility index (Phi) is 3.48. The Bertz CT molecular complexity index is 449. The van der Waals surface area contributed by atoms with Gasteiger partial charge >= 0.3 is 0 Å². The van der Waals surface area contributed by atoms with Crippen LogP contribution in [0.2, 0.25) is 0 Å². The Morgan fingerprint density at radius 1 is 0.818 bits per heavy atom. The molecule has 126 valence electrons. The fourth-order valence-corrected chi connectivity index (χ4v) is 7.57. The summed E-state index contributed by atoms with van der Waals surface area (Å²) in [5.74, 6) is 3.63. The van der Waals surface area contributed by atoms with Crippen LogP contribution in [0.3, 0.4) is 0 Å². The summed E-state index contributed by atoms with van der Waals surface area (Å²) in [6.45, 7) is 7.17. The second-order valence-electron chi connectivity index (χ2n) is 9.79. The third-order valence-corrected chi connectivity index (χ3v) is 8.92. The molecule has 0 aliphatic heterocycles. The Morgan fingerprint density at radius 2 is 1.55 bits per heavy atom. The van der Waals surface area contributed by atoms with E-state index in [1.165, 1.54) is 38.5 Å². The minimum absolute atomic E-state index is 0.0446. The summed E-state index contributed by atoms with van der Waals surface area (Å²) < 4.78 is 0. The summed E-state index contributed by atoms with van der Waals surface area (Å²) in [5, 5.41) is 20.8. The number of fused-ring (bicyclic) bond motifs is 5. The topological polar surface area (TPSA) is 40.5 Å². The van der Waals surface area contributed by atoms with Crippen molar-refractivity contribution in [2.24, 2.45) is 40.4 Å². The van der Waals surface area contributed by atoms with E-state index in [1.54, 1.807) is 0 Å². The smallest absolute Gasteiger partial charge is 0.0622 e. The third kappa shape index (κ3) is 1.92. The highest BCUT2D eigenvalue weighted by atomic mass is 16.3. The molecule has 4 aliphatic rings. The van der Waals surface area contributed by atoms with E-state index in [4.69, 9.17) is 0 Å². The van der Waals surface area contributed by atoms with Crippen molar-refractivity contribution in [3.8, 4) is 0 Å². The van der Waals surface area contributed by atoms with Crippen molar-refractivity contribution in [3.63, 3.8) is 0 Å². The van der Waals surface area contributed by atoms with Crippen LogP contribution in [0.15, 0.2) is 0 Å². The average molecular weight is 306 g/mol. The summed E-state index contributed by atoms with van der Waals surface area (Å²) in [5.41, 5.74) is 0.637. The number of aliphatic hydroxyl groups excluding tert-OH is 2. The van der Waals surface area contributed by atoms with Gasteiger partial charge in [-0.05, 0) is 91.8 Å². The largest absolute Gasteiger partial charge is 0.393 e. The molecule has 0 saturated heterocycles. The first-order valence-corrected chi connectivity index (χ1v) is 9.72. The van der Waals surface area contributed by atoms with Gasteiger partial charge in [-0.3, -0.25) is 0 Å². The predicted octanol–water partition coefficient (Wildman–Crippen LogP) is 4.00. The molecule has 0 heterocycles. The molecule has 2 nitrogen and oxygen atoms in total. The van der Waals surface area contributed by atoms with E-state index in [9.17, 15) is 10.2 Å². The molecular weight excluding hydrogens is 272 g/mol. The minimum Gasteiger partial charge on any atom is -0.393 e. The van der Waals surface area contributed by atoms with Gasteiger partial charge in [0.2, 0.25) is 0 Å². The van der Waals surface area contributed by atoms with Crippen molar-refractivity contribution in [2.75, 3.05) is 0 Å². The molecule has 2 N–H and O–H groups in total. The zero-order valence-corrected chi connectivity index (χ0v) is 14.6. The molecule has 0 aromatic carbocycles. The van der Waals surface area contributed by atoms with Gasteiger partial charge in [0.15, 0.2) is 0 Å². The van der Waals surface area contributed by atoms with Crippen molar-refractivity contribution in [1.29, 1.82) is 0 Å². The number of hydrogen-bond acceptors (Lipinski definition) is 2. The van der Waals surface area contributed by atoms with E-state index < -0.39 is 0 Å². The molecule has 0 radical (unpaired) electrons. The lowest BCUT2D eigenvalue weighted by Crippen LogP contribution is -2.54. The molecule has 4 saturated carbocycles. The highest BCUT2D eigenvalue weighted by Gasteiger charge is 2.61. The van der Waals surface area contributed by atoms with E-state index >= 15 is 0 Å². The highest BCUT2D eigenvalue weighted by Crippen LogP contribution is 2.66. The maximum atomic E-state index is 10.7. The van der Waals surface area contributed by atoms with Gasteiger partial charge in [-0.15, -0.1) is 0 Å². The fraction of sp³-hybridized carbons (Fsp3) is 1.00. The van der Waals surface area contributed by atoms with Crippen LogP contribution in [0, 0.1) is 40.4 Å². The molecular formula is C20H34O2. The van der Waals surface area contributed by atoms with Crippen LogP contribution < -0.4 is 0 Å². The SMILES string of the molecule is C[C@H]1C[C@H]2[C@@H]3CC[C@H]4C[C@@H](O)CC[C@]4(C)[C@H]3CC[C@]2(C)[C@H]1O. The Labute approximate surface area is 135 Å². The molecule has 4 aliphatic carbocycles. The zero-order chi connectivity index (χ0) is 15.7. The maximum absolute atomic E-state index is 10.7. The molecule has 0 spiro atoms. The van der Waals surface area contributed by atoms with E-state index in [0.29, 0.717) is 11.3 Å². The van der Waals surface area contributed by atoms with Gasteiger partial charge in [0.25, 0.3) is 0 Å². The van der Waals surface area contributed by atoms with Gasteiger partial charge in [0, 0.05) is 0 Å². The van der Waals surface area contributed by atoms with Gasteiger partial charge in [0.05, 0.1) is 12.2 Å². The van der Waals surface area contributed by atoms with Gasteiger partial charge in [-0.1, -0.05) is 20.8 Å². The van der Waals surface area contributed by atoms with Gasteiger partial charge in [0.1, 0.15) is 0 Å². The first kappa shape index (κ1) is 15.4. The maximum Gasteiger partial charge on any atom is 0.0622 e. The molecule has 4 rings (SSSR count). The lowest BCUT2D eigenvalue weighted by Gasteiger charge is -2.60. The lowest BCUT2D eigenvalue weighted by molar-refractivity contribution is -0.134. The van der Waals surface area contributed by atoms with E-state index in [2.05, 4.69) is 20.8 Å². The summed E-state index contributed by atoms with van der Waals surface area (Å²) in [6, 6.07) is 0. The van der Waals surface area contributed by atoms with E-state index in [0.717, 1.165) is 36.5 Å². The second-order valence-corrected chi connectivity index (χ2v) is 9.79. The molecule has 4 fully saturated rings. The van der Waals surface area contributed by atoms with Crippen LogP contribution in [0.1, 0.15) is 72.1 Å². The monoisotopic (exact) mass is 306 g/mol. The van der Waals surface area contributed by atoms with Gasteiger partial charge < -0.3 is 10.2 Å². The van der Waals surface area contributed by atoms with Crippen LogP contribution in [0.25, 0.3) is 0 Å². The van der Waals surface area contributed by atoms with Crippen LogP contribution in [0.5, 0.6) is 0 Å². The highest BCUT2D eigenvalue weighted by molar-refractivity contribution is 5.10. The van der Waals surface area contributed by atoms with Crippen LogP contribution in [-0.4, -0.2) is 22.4 Å². The molecule has 0 aromatic heterocycles. The summed E-state index contributed by atoms with van der Waals surface area (Å²) in [7, 11) is 0. The standard InChI is InChI=1S/C20H34O2/c1-12-10-17-15-5-4-13-11-14(21)6-8-19(13,2)16(15)7-9-20(17,3)18(12)22/h12-18,21-22H,4-11H2,1-3H3/t12-,13-,14-,15+,16-,17-,18-,19-,20-/m0/s1. The zero-order valence-electron chi connectivity index (χ0n) is 14.6. The minimum atomic E-state index is -0.0860. The van der Waals surface area contributed by atoms with Crippen molar-refractivity contribution in [1.82, 2.24) is 0 Å². The molecule has 0 unspecified atom stereocenters. The average Bonchev–Trinajstić information content (AvgIpc) is 2.72. The van der Waals surface area contributed by atoms with Gasteiger partial charge in [-0.25, -0.2) is 0 Å². The van der Waals surface area contributed by atoms with E-state index in [1.807, 2.05) is 0 Å². The van der Waals surface area contributed by atoms with Crippen molar-refractivity contribution in [3.05, 3.63) is 0 Å². The summed E-state index contributed by atoms with van der Waals surface area (Å²) >= 11 is 0. The molecule has 0 bridgehead atoms.